The Morgan fingerprint density at radius 3 is 1.77 bits per heavy atom. The minimum absolute atomic E-state index is 0.0900. The zero-order chi connectivity index (χ0) is 24.1. The summed E-state index contributed by atoms with van der Waals surface area (Å²) in [6, 6.07) is 4.12. The molecule has 0 saturated carbocycles. The van der Waals surface area contributed by atoms with Gasteiger partial charge in [0, 0.05) is 32.6 Å². The Labute approximate surface area is 185 Å². The number of nitrogens with two attached hydrogens (primary N) is 5. The fourth-order valence-corrected chi connectivity index (χ4v) is 2.25. The molecule has 11 heteroatoms. The van der Waals surface area contributed by atoms with Gasteiger partial charge in [0.25, 0.3) is 0 Å². The van der Waals surface area contributed by atoms with Crippen LogP contribution in [0.5, 0.6) is 11.5 Å². The summed E-state index contributed by atoms with van der Waals surface area (Å²) in [4.78, 5) is 11.0. The Kier molecular flexibility index (Phi) is 20.1. The first-order valence-electron chi connectivity index (χ1n) is 10.4. The second-order valence-corrected chi connectivity index (χ2v) is 7.10. The van der Waals surface area contributed by atoms with Crippen molar-refractivity contribution in [3.8, 4) is 11.5 Å². The zero-order valence-corrected chi connectivity index (χ0v) is 18.6. The zero-order valence-electron chi connectivity index (χ0n) is 18.6. The number of carboxylic acid groups (broad SMARTS) is 1. The summed E-state index contributed by atoms with van der Waals surface area (Å²) in [5.74, 6) is 3.55. The van der Waals surface area contributed by atoms with Gasteiger partial charge in [-0.1, -0.05) is 18.9 Å². The molecule has 11 nitrogen and oxygen atoms in total. The average molecular weight is 446 g/mol. The first-order valence-corrected chi connectivity index (χ1v) is 10.4. The SMILES string of the molecule is C[C@@](Cc1ccc(O)c(O)c1)(NN)C(=O)O.NCCCCCCN.NCCNCCN. The minimum Gasteiger partial charge on any atom is -0.504 e. The van der Waals surface area contributed by atoms with E-state index < -0.39 is 11.5 Å². The third kappa shape index (κ3) is 16.4. The van der Waals surface area contributed by atoms with Crippen molar-refractivity contribution in [1.82, 2.24) is 10.7 Å². The highest BCUT2D eigenvalue weighted by Gasteiger charge is 2.32. The number of hydrazine groups is 1. The molecule has 182 valence electrons. The van der Waals surface area contributed by atoms with E-state index in [2.05, 4.69) is 10.7 Å². The molecule has 31 heavy (non-hydrogen) atoms. The number of phenolic OH excluding ortho intramolecular Hbond substituents is 2. The highest BCUT2D eigenvalue weighted by molar-refractivity contribution is 5.78. The molecular formula is C20H43N7O4. The molecule has 0 saturated heterocycles. The molecule has 0 aliphatic heterocycles. The van der Waals surface area contributed by atoms with Crippen molar-refractivity contribution in [2.24, 2.45) is 28.8 Å². The van der Waals surface area contributed by atoms with Gasteiger partial charge >= 0.3 is 5.97 Å². The van der Waals surface area contributed by atoms with E-state index >= 15 is 0 Å². The lowest BCUT2D eigenvalue weighted by Crippen LogP contribution is -2.54. The van der Waals surface area contributed by atoms with Gasteiger partial charge in [-0.25, -0.2) is 5.43 Å². The third-order valence-electron chi connectivity index (χ3n) is 4.19. The van der Waals surface area contributed by atoms with E-state index in [0.29, 0.717) is 18.7 Å². The molecule has 1 atom stereocenters. The number of phenols is 2. The summed E-state index contributed by atoms with van der Waals surface area (Å²) < 4.78 is 0. The average Bonchev–Trinajstić information content (AvgIpc) is 2.75. The van der Waals surface area contributed by atoms with Crippen LogP contribution < -0.4 is 39.5 Å². The number of unbranched alkanes of at least 4 members (excludes halogenated alkanes) is 3. The standard InChI is InChI=1S/C10H14N2O4.C6H16N2.C4H13N3/c1-10(12-11,9(15)16)5-6-2-3-7(13)8(14)4-6;7-5-3-1-2-4-6-8;5-1-3-7-4-2-6/h2-4,12-14H,5,11H2,1H3,(H,15,16);1-8H2;7H,1-6H2/t10-;;/m0../s1. The van der Waals surface area contributed by atoms with E-state index in [1.54, 1.807) is 0 Å². The van der Waals surface area contributed by atoms with Crippen molar-refractivity contribution < 1.29 is 20.1 Å². The Bertz CT molecular complexity index is 568. The highest BCUT2D eigenvalue weighted by Crippen LogP contribution is 2.26. The van der Waals surface area contributed by atoms with Crippen LogP contribution in [0.25, 0.3) is 0 Å². The molecule has 0 aromatic heterocycles. The van der Waals surface area contributed by atoms with Crippen LogP contribution in [0.4, 0.5) is 0 Å². The molecule has 15 N–H and O–H groups in total. The fourth-order valence-electron chi connectivity index (χ4n) is 2.25. The number of benzene rings is 1. The van der Waals surface area contributed by atoms with Gasteiger partial charge in [-0.2, -0.15) is 0 Å². The molecule has 0 aliphatic rings. The molecule has 0 radical (unpaired) electrons. The molecule has 1 aromatic rings. The van der Waals surface area contributed by atoms with Gasteiger partial charge in [0.2, 0.25) is 0 Å². The second kappa shape index (κ2) is 19.9. The van der Waals surface area contributed by atoms with Crippen molar-refractivity contribution in [2.75, 3.05) is 39.3 Å². The van der Waals surface area contributed by atoms with E-state index in [0.717, 1.165) is 39.0 Å². The molecule has 0 amide bonds. The lowest BCUT2D eigenvalue weighted by atomic mass is 9.93. The van der Waals surface area contributed by atoms with Crippen LogP contribution >= 0.6 is 0 Å². The van der Waals surface area contributed by atoms with Crippen LogP contribution in [-0.4, -0.2) is 66.1 Å². The van der Waals surface area contributed by atoms with E-state index in [1.807, 2.05) is 0 Å². The Hall–Kier alpha value is -1.99. The van der Waals surface area contributed by atoms with E-state index in [-0.39, 0.29) is 17.9 Å². The van der Waals surface area contributed by atoms with Crippen LogP contribution in [0, 0.1) is 0 Å². The highest BCUT2D eigenvalue weighted by atomic mass is 16.4. The third-order valence-corrected chi connectivity index (χ3v) is 4.19. The molecule has 1 aromatic carbocycles. The van der Waals surface area contributed by atoms with Gasteiger partial charge in [-0.3, -0.25) is 10.6 Å². The van der Waals surface area contributed by atoms with Crippen LogP contribution in [0.15, 0.2) is 18.2 Å². The second-order valence-electron chi connectivity index (χ2n) is 7.10. The monoisotopic (exact) mass is 445 g/mol. The van der Waals surface area contributed by atoms with Gasteiger partial charge in [0.1, 0.15) is 5.54 Å². The maximum atomic E-state index is 11.0. The molecule has 0 fully saturated rings. The number of carboxylic acids is 1. The molecule has 0 heterocycles. The number of rotatable bonds is 13. The largest absolute Gasteiger partial charge is 0.504 e. The smallest absolute Gasteiger partial charge is 0.325 e. The van der Waals surface area contributed by atoms with Gasteiger partial charge in [0.15, 0.2) is 11.5 Å². The predicted molar refractivity (Wildman–Crippen MR) is 124 cm³/mol. The number of hydrogen-bond donors (Lipinski definition) is 10. The maximum Gasteiger partial charge on any atom is 0.325 e. The Morgan fingerprint density at radius 1 is 0.903 bits per heavy atom. The lowest BCUT2D eigenvalue weighted by Gasteiger charge is -2.23. The number of aromatic hydroxyl groups is 2. The summed E-state index contributed by atoms with van der Waals surface area (Å²) in [6.45, 7) is 6.21. The van der Waals surface area contributed by atoms with E-state index in [1.165, 1.54) is 38.0 Å². The van der Waals surface area contributed by atoms with Crippen molar-refractivity contribution >= 4 is 5.97 Å². The van der Waals surface area contributed by atoms with E-state index in [4.69, 9.17) is 39.0 Å². The fraction of sp³-hybridized carbons (Fsp3) is 0.650. The van der Waals surface area contributed by atoms with Crippen molar-refractivity contribution in [3.63, 3.8) is 0 Å². The minimum atomic E-state index is -1.32. The van der Waals surface area contributed by atoms with Crippen molar-refractivity contribution in [3.05, 3.63) is 23.8 Å². The molecule has 0 unspecified atom stereocenters. The Balaban J connectivity index is 0. The summed E-state index contributed by atoms with van der Waals surface area (Å²) in [6.07, 6.45) is 4.88. The Morgan fingerprint density at radius 2 is 1.42 bits per heavy atom. The van der Waals surface area contributed by atoms with Crippen molar-refractivity contribution in [1.29, 1.82) is 0 Å². The molecular weight excluding hydrogens is 402 g/mol. The van der Waals surface area contributed by atoms with Gasteiger partial charge in [-0.05, 0) is 50.6 Å². The van der Waals surface area contributed by atoms with Crippen LogP contribution in [0.3, 0.4) is 0 Å². The quantitative estimate of drug-likeness (QED) is 0.0757. The number of nitrogens with one attached hydrogen (secondary N) is 2. The van der Waals surface area contributed by atoms with Crippen LogP contribution in [0.2, 0.25) is 0 Å². The van der Waals surface area contributed by atoms with Gasteiger partial charge in [0.05, 0.1) is 0 Å². The topological polar surface area (TPSA) is 232 Å². The van der Waals surface area contributed by atoms with Crippen molar-refractivity contribution in [2.45, 2.75) is 44.6 Å². The summed E-state index contributed by atoms with van der Waals surface area (Å²) in [7, 11) is 0. The molecule has 0 bridgehead atoms. The van der Waals surface area contributed by atoms with E-state index in [9.17, 15) is 9.90 Å². The van der Waals surface area contributed by atoms with Crippen LogP contribution in [0.1, 0.15) is 38.2 Å². The van der Waals surface area contributed by atoms with Gasteiger partial charge in [-0.15, -0.1) is 0 Å². The summed E-state index contributed by atoms with van der Waals surface area (Å²) in [5.41, 5.74) is 22.3. The normalized spacial score (nSPS) is 12.1. The molecule has 1 rings (SSSR count). The first-order chi connectivity index (χ1) is 14.7. The van der Waals surface area contributed by atoms with Crippen LogP contribution in [-0.2, 0) is 11.2 Å². The maximum absolute atomic E-state index is 11.0. The molecule has 0 aliphatic carbocycles. The number of hydrogen-bond acceptors (Lipinski definition) is 10. The summed E-state index contributed by atoms with van der Waals surface area (Å²) >= 11 is 0. The first kappa shape index (κ1) is 31.2. The summed E-state index contributed by atoms with van der Waals surface area (Å²) in [5, 5.41) is 30.4. The predicted octanol–water partition coefficient (Wildman–Crippen LogP) is -1.10. The number of aliphatic carboxylic acids is 1. The molecule has 0 spiro atoms. The lowest BCUT2D eigenvalue weighted by molar-refractivity contribution is -0.144. The number of carbonyl (C=O) groups is 1. The van der Waals surface area contributed by atoms with Gasteiger partial charge < -0.3 is 43.6 Å².